The third-order valence-electron chi connectivity index (χ3n) is 11.4. The van der Waals surface area contributed by atoms with Crippen molar-refractivity contribution in [2.75, 3.05) is 0 Å². The molecule has 11 rings (SSSR count). The van der Waals surface area contributed by atoms with E-state index in [-0.39, 0.29) is 5.41 Å². The first-order chi connectivity index (χ1) is 24.6. The number of rotatable bonds is 3. The van der Waals surface area contributed by atoms with Crippen molar-refractivity contribution in [1.82, 2.24) is 0 Å². The number of para-hydroxylation sites is 1. The van der Waals surface area contributed by atoms with Crippen LogP contribution in [0.3, 0.4) is 0 Å². The summed E-state index contributed by atoms with van der Waals surface area (Å²) in [5.74, 6) is 0. The highest BCUT2D eigenvalue weighted by Gasteiger charge is 2.37. The van der Waals surface area contributed by atoms with Crippen LogP contribution in [-0.4, -0.2) is 0 Å². The van der Waals surface area contributed by atoms with Crippen LogP contribution in [0.15, 0.2) is 162 Å². The first-order valence-electron chi connectivity index (χ1n) is 17.5. The summed E-state index contributed by atoms with van der Waals surface area (Å²) in [7, 11) is 0. The molecule has 10 aromatic rings. The molecule has 1 heteroatoms. The first-order valence-corrected chi connectivity index (χ1v) is 17.5. The van der Waals surface area contributed by atoms with Crippen LogP contribution >= 0.6 is 0 Å². The minimum absolute atomic E-state index is 0.121. The summed E-state index contributed by atoms with van der Waals surface area (Å²) in [5, 5.41) is 10.1. The number of fused-ring (bicyclic) bond motifs is 6. The lowest BCUT2D eigenvalue weighted by molar-refractivity contribution is 0.659. The van der Waals surface area contributed by atoms with Crippen molar-refractivity contribution in [1.29, 1.82) is 0 Å². The highest BCUT2D eigenvalue weighted by Crippen LogP contribution is 2.53. The van der Waals surface area contributed by atoms with Crippen molar-refractivity contribution in [3.05, 3.63) is 169 Å². The largest absolute Gasteiger partial charge is 0.455 e. The van der Waals surface area contributed by atoms with Gasteiger partial charge in [-0.3, -0.25) is 0 Å². The second-order valence-corrected chi connectivity index (χ2v) is 14.4. The van der Waals surface area contributed by atoms with Crippen molar-refractivity contribution in [3.8, 4) is 44.5 Å². The molecule has 0 bridgehead atoms. The van der Waals surface area contributed by atoms with E-state index in [4.69, 9.17) is 4.42 Å². The summed E-state index contributed by atoms with van der Waals surface area (Å²) in [6, 6.07) is 57.9. The predicted octanol–water partition coefficient (Wildman–Crippen LogP) is 13.8. The van der Waals surface area contributed by atoms with Gasteiger partial charge in [-0.25, -0.2) is 0 Å². The maximum Gasteiger partial charge on any atom is 0.143 e. The summed E-state index contributed by atoms with van der Waals surface area (Å²) in [6.45, 7) is 4.71. The van der Waals surface area contributed by atoms with Gasteiger partial charge in [0.2, 0.25) is 0 Å². The van der Waals surface area contributed by atoms with Crippen molar-refractivity contribution in [2.24, 2.45) is 0 Å². The van der Waals surface area contributed by atoms with E-state index in [1.54, 1.807) is 0 Å². The quantitative estimate of drug-likeness (QED) is 0.176. The highest BCUT2D eigenvalue weighted by atomic mass is 16.3. The molecule has 234 valence electrons. The fourth-order valence-corrected chi connectivity index (χ4v) is 9.26. The molecule has 1 aliphatic carbocycles. The van der Waals surface area contributed by atoms with Gasteiger partial charge in [0.25, 0.3) is 0 Å². The molecule has 1 aromatic heterocycles. The maximum absolute atomic E-state index is 6.90. The molecular formula is C49H32O. The molecule has 1 heterocycles. The molecule has 0 amide bonds. The van der Waals surface area contributed by atoms with Gasteiger partial charge in [-0.15, -0.1) is 0 Å². The predicted molar refractivity (Wildman–Crippen MR) is 211 cm³/mol. The average Bonchev–Trinajstić information content (AvgIpc) is 3.67. The average molecular weight is 637 g/mol. The van der Waals surface area contributed by atoms with Gasteiger partial charge in [-0.2, -0.15) is 0 Å². The molecule has 1 aliphatic rings. The van der Waals surface area contributed by atoms with Gasteiger partial charge >= 0.3 is 0 Å². The zero-order valence-corrected chi connectivity index (χ0v) is 27.9. The standard InChI is InChI=1S/C49H32O/c1-49(2)42-19-7-6-13-34(42)38-15-8-16-39(47(38)49)40-17-9-18-41-46-35(14-10-20-43(46)50-48(40)41)33-26-22-31-23-27-36-32(29-11-4-3-5-12-29)25-21-30-24-28-37(33)45(31)44(30)36/h3-28H,1-2H3. The number of hydrogen-bond donors (Lipinski definition) is 0. The molecule has 0 radical (unpaired) electrons. The molecule has 0 aliphatic heterocycles. The lowest BCUT2D eigenvalue weighted by Crippen LogP contribution is -2.16. The SMILES string of the molecule is CC1(C)c2ccccc2-c2cccc(-c3cccc4c3oc3cccc(-c5ccc6ccc7c(-c8ccccc8)ccc8ccc5c6c87)c34)c21. The van der Waals surface area contributed by atoms with E-state index < -0.39 is 0 Å². The van der Waals surface area contributed by atoms with Gasteiger partial charge in [0.1, 0.15) is 11.2 Å². The zero-order chi connectivity index (χ0) is 33.1. The van der Waals surface area contributed by atoms with Gasteiger partial charge in [0.15, 0.2) is 0 Å². The Balaban J connectivity index is 1.16. The van der Waals surface area contributed by atoms with Crippen molar-refractivity contribution in [3.63, 3.8) is 0 Å². The van der Waals surface area contributed by atoms with E-state index >= 15 is 0 Å². The van der Waals surface area contributed by atoms with E-state index in [9.17, 15) is 0 Å². The fraction of sp³-hybridized carbons (Fsp3) is 0.0612. The Labute approximate surface area is 290 Å². The second kappa shape index (κ2) is 9.94. The third-order valence-corrected chi connectivity index (χ3v) is 11.4. The molecular weight excluding hydrogens is 605 g/mol. The topological polar surface area (TPSA) is 13.1 Å². The monoisotopic (exact) mass is 636 g/mol. The summed E-state index contributed by atoms with van der Waals surface area (Å²) >= 11 is 0. The minimum atomic E-state index is -0.121. The second-order valence-electron chi connectivity index (χ2n) is 14.4. The Kier molecular flexibility index (Phi) is 5.51. The normalized spacial score (nSPS) is 13.6. The molecule has 0 atom stereocenters. The Morgan fingerprint density at radius 1 is 0.380 bits per heavy atom. The Bertz CT molecular complexity index is 2990. The minimum Gasteiger partial charge on any atom is -0.455 e. The van der Waals surface area contributed by atoms with E-state index in [2.05, 4.69) is 172 Å². The van der Waals surface area contributed by atoms with Gasteiger partial charge in [-0.05, 0) is 88.5 Å². The van der Waals surface area contributed by atoms with E-state index in [1.807, 2.05) is 0 Å². The van der Waals surface area contributed by atoms with Crippen LogP contribution in [0, 0.1) is 0 Å². The van der Waals surface area contributed by atoms with Crippen LogP contribution in [-0.2, 0) is 5.41 Å². The van der Waals surface area contributed by atoms with Gasteiger partial charge < -0.3 is 4.42 Å². The van der Waals surface area contributed by atoms with Crippen LogP contribution in [0.4, 0.5) is 0 Å². The molecule has 1 nitrogen and oxygen atoms in total. The summed E-state index contributed by atoms with van der Waals surface area (Å²) in [4.78, 5) is 0. The Morgan fingerprint density at radius 3 is 1.76 bits per heavy atom. The molecule has 0 fully saturated rings. The molecule has 0 spiro atoms. The summed E-state index contributed by atoms with van der Waals surface area (Å²) in [6.07, 6.45) is 0. The lowest BCUT2D eigenvalue weighted by Gasteiger charge is -2.24. The smallest absolute Gasteiger partial charge is 0.143 e. The molecule has 50 heavy (non-hydrogen) atoms. The van der Waals surface area contributed by atoms with E-state index in [0.717, 1.165) is 22.1 Å². The number of furan rings is 1. The third kappa shape index (κ3) is 3.62. The van der Waals surface area contributed by atoms with Crippen LogP contribution in [0.2, 0.25) is 0 Å². The molecule has 0 N–H and O–H groups in total. The lowest BCUT2D eigenvalue weighted by atomic mass is 9.78. The van der Waals surface area contributed by atoms with E-state index in [1.165, 1.54) is 87.8 Å². The van der Waals surface area contributed by atoms with E-state index in [0.29, 0.717) is 0 Å². The van der Waals surface area contributed by atoms with Gasteiger partial charge in [0, 0.05) is 21.8 Å². The summed E-state index contributed by atoms with van der Waals surface area (Å²) in [5.41, 5.74) is 14.5. The Morgan fingerprint density at radius 2 is 0.960 bits per heavy atom. The molecule has 9 aromatic carbocycles. The van der Waals surface area contributed by atoms with Crippen LogP contribution in [0.1, 0.15) is 25.0 Å². The van der Waals surface area contributed by atoms with Crippen molar-refractivity contribution >= 4 is 54.3 Å². The highest BCUT2D eigenvalue weighted by molar-refractivity contribution is 6.29. The van der Waals surface area contributed by atoms with Crippen LogP contribution in [0.25, 0.3) is 98.8 Å². The van der Waals surface area contributed by atoms with Crippen molar-refractivity contribution in [2.45, 2.75) is 19.3 Å². The molecule has 0 saturated heterocycles. The van der Waals surface area contributed by atoms with Crippen LogP contribution < -0.4 is 0 Å². The first kappa shape index (κ1) is 27.7. The van der Waals surface area contributed by atoms with Crippen LogP contribution in [0.5, 0.6) is 0 Å². The van der Waals surface area contributed by atoms with Gasteiger partial charge in [0.05, 0.1) is 0 Å². The number of benzene rings is 9. The fourth-order valence-electron chi connectivity index (χ4n) is 9.26. The molecule has 0 saturated carbocycles. The number of hydrogen-bond acceptors (Lipinski definition) is 1. The van der Waals surface area contributed by atoms with Gasteiger partial charge in [-0.1, -0.05) is 166 Å². The zero-order valence-electron chi connectivity index (χ0n) is 27.9. The Hall–Kier alpha value is -6.18. The molecule has 0 unspecified atom stereocenters. The maximum atomic E-state index is 6.90. The summed E-state index contributed by atoms with van der Waals surface area (Å²) < 4.78 is 6.90. The van der Waals surface area contributed by atoms with Crippen molar-refractivity contribution < 1.29 is 4.42 Å².